The van der Waals surface area contributed by atoms with Gasteiger partial charge < -0.3 is 30.3 Å². The van der Waals surface area contributed by atoms with Crippen LogP contribution in [0.4, 0.5) is 0 Å². The largest absolute Gasteiger partial charge is 0.396 e. The Morgan fingerprint density at radius 2 is 1.14 bits per heavy atom. The molecule has 0 heterocycles. The summed E-state index contributed by atoms with van der Waals surface area (Å²) in [7, 11) is 0.987. The molecule has 0 aliphatic heterocycles. The summed E-state index contributed by atoms with van der Waals surface area (Å²) >= 11 is 10.9. The van der Waals surface area contributed by atoms with Gasteiger partial charge in [-0.05, 0) is 23.5 Å². The third-order valence-electron chi connectivity index (χ3n) is 5.34. The molecule has 7 nitrogen and oxygen atoms in total. The molecule has 0 bridgehead atoms. The Morgan fingerprint density at radius 3 is 1.49 bits per heavy atom. The monoisotopic (exact) mass is 642 g/mol. The second kappa shape index (κ2) is 19.9. The minimum absolute atomic E-state index is 0. The molecule has 2 aromatic carbocycles. The summed E-state index contributed by atoms with van der Waals surface area (Å²) in [5, 5.41) is 45.9. The minimum Gasteiger partial charge on any atom is -0.396 e. The van der Waals surface area contributed by atoms with Crippen LogP contribution in [0, 0.1) is 10.8 Å². The average Bonchev–Trinajstić information content (AvgIpc) is 2.91. The Hall–Kier alpha value is -0.168. The van der Waals surface area contributed by atoms with Crippen LogP contribution < -0.4 is 0 Å². The molecule has 2 aromatic rings. The fraction of sp³-hybridized carbons (Fsp3) is 0.500. The van der Waals surface area contributed by atoms with Gasteiger partial charge in [-0.3, -0.25) is 4.29 Å². The van der Waals surface area contributed by atoms with Crippen LogP contribution in [0.15, 0.2) is 60.7 Å². The molecule has 1 unspecified atom stereocenters. The molecule has 0 aliphatic carbocycles. The number of halogens is 2. The van der Waals surface area contributed by atoms with Gasteiger partial charge in [0.25, 0.3) is 0 Å². The van der Waals surface area contributed by atoms with E-state index in [1.165, 1.54) is 23.5 Å². The van der Waals surface area contributed by atoms with Crippen LogP contribution in [0.5, 0.6) is 0 Å². The van der Waals surface area contributed by atoms with Gasteiger partial charge in [0.05, 0.1) is 68.9 Å². The van der Waals surface area contributed by atoms with Gasteiger partial charge in [0.1, 0.15) is 0 Å². The summed E-state index contributed by atoms with van der Waals surface area (Å²) in [5.74, 6) is 0. The number of aliphatic hydroxyl groups excluding tert-OH is 5. The van der Waals surface area contributed by atoms with E-state index in [1.807, 2.05) is 0 Å². The van der Waals surface area contributed by atoms with Crippen molar-refractivity contribution in [3.63, 3.8) is 0 Å². The average molecular weight is 644 g/mol. The maximum atomic E-state index is 9.27. The molecule has 1 atom stereocenters. The molecule has 0 saturated carbocycles. The molecule has 0 spiro atoms. The first-order valence-electron chi connectivity index (χ1n) is 10.8. The molecule has 0 fully saturated rings. The van der Waals surface area contributed by atoms with Crippen molar-refractivity contribution < 1.29 is 55.0 Å². The third kappa shape index (κ3) is 12.3. The van der Waals surface area contributed by atoms with Crippen molar-refractivity contribution in [2.75, 3.05) is 46.2 Å². The van der Waals surface area contributed by atoms with E-state index in [0.717, 1.165) is 8.58 Å². The molecule has 0 saturated heterocycles. The quantitative estimate of drug-likeness (QED) is 0.115. The second-order valence-corrected chi connectivity index (χ2v) is 9.91. The molecule has 11 heteroatoms. The van der Waals surface area contributed by atoms with Crippen LogP contribution in [0.2, 0.25) is 0 Å². The Morgan fingerprint density at radius 1 is 0.714 bits per heavy atom. The summed E-state index contributed by atoms with van der Waals surface area (Å²) in [6, 6.07) is 21.4. The Balaban J connectivity index is 0.000000654. The van der Waals surface area contributed by atoms with E-state index in [1.54, 1.807) is 0 Å². The summed E-state index contributed by atoms with van der Waals surface area (Å²) in [6.07, 6.45) is 2.41. The SMILES string of the molecule is OCC(CO)(CO)COCC(CO)(CO)C(Cl)OCl.[Pd].c1ccc(CPCc2ccccc2)cc1. The number of aliphatic hydroxyl groups is 5. The van der Waals surface area contributed by atoms with Gasteiger partial charge in [-0.15, -0.1) is 8.58 Å². The molecule has 0 aromatic heterocycles. The van der Waals surface area contributed by atoms with Crippen molar-refractivity contribution in [1.29, 1.82) is 0 Å². The fourth-order valence-electron chi connectivity index (χ4n) is 2.75. The van der Waals surface area contributed by atoms with E-state index in [9.17, 15) is 10.2 Å². The van der Waals surface area contributed by atoms with E-state index in [2.05, 4.69) is 65.0 Å². The molecule has 2 rings (SSSR count). The van der Waals surface area contributed by atoms with E-state index in [-0.39, 0.29) is 33.6 Å². The zero-order valence-corrected chi connectivity index (χ0v) is 23.4. The number of alkyl halides is 1. The van der Waals surface area contributed by atoms with E-state index < -0.39 is 49.4 Å². The Labute approximate surface area is 233 Å². The number of hydrogen-bond donors (Lipinski definition) is 5. The maximum absolute atomic E-state index is 9.27. The maximum Gasteiger partial charge on any atom is 0.164 e. The zero-order valence-electron chi connectivity index (χ0n) is 19.3. The summed E-state index contributed by atoms with van der Waals surface area (Å²) in [6.45, 7) is -2.97. The molecule has 35 heavy (non-hydrogen) atoms. The van der Waals surface area contributed by atoms with Crippen LogP contribution >= 0.6 is 32.0 Å². The molecule has 202 valence electrons. The summed E-state index contributed by atoms with van der Waals surface area (Å²) < 4.78 is 9.57. The van der Waals surface area contributed by atoms with Gasteiger partial charge in [0.15, 0.2) is 5.56 Å². The standard InChI is InChI=1S/C14H15P.C10H20Cl2O7.Pd/c1-3-7-13(8-4-1)11-15-12-14-9-5-2-6-10-14;11-8(19-12)10(4-16,5-17)7-18-6-9(1-13,2-14)3-15;/h1-10,15H,11-12H2;8,13-17H,1-7H2;. The van der Waals surface area contributed by atoms with Gasteiger partial charge >= 0.3 is 0 Å². The normalized spacial score (nSPS) is 12.3. The number of hydrogen-bond acceptors (Lipinski definition) is 7. The summed E-state index contributed by atoms with van der Waals surface area (Å²) in [5.41, 5.74) is -0.843. The Kier molecular flexibility index (Phi) is 19.8. The minimum atomic E-state index is -1.34. The number of ether oxygens (including phenoxy) is 1. The van der Waals surface area contributed by atoms with Crippen molar-refractivity contribution in [3.05, 3.63) is 71.8 Å². The van der Waals surface area contributed by atoms with Crippen molar-refractivity contribution in [1.82, 2.24) is 0 Å². The molecule has 5 N–H and O–H groups in total. The summed E-state index contributed by atoms with van der Waals surface area (Å²) in [4.78, 5) is 0. The van der Waals surface area contributed by atoms with Crippen LogP contribution in [0.1, 0.15) is 11.1 Å². The molecular weight excluding hydrogens is 609 g/mol. The van der Waals surface area contributed by atoms with Gasteiger partial charge in [-0.25, -0.2) is 0 Å². The van der Waals surface area contributed by atoms with E-state index in [0.29, 0.717) is 0 Å². The number of benzene rings is 2. The van der Waals surface area contributed by atoms with Crippen molar-refractivity contribution in [3.8, 4) is 0 Å². The van der Waals surface area contributed by atoms with Gasteiger partial charge in [0.2, 0.25) is 0 Å². The first-order chi connectivity index (χ1) is 16.4. The van der Waals surface area contributed by atoms with Crippen molar-refractivity contribution in [2.45, 2.75) is 17.9 Å². The molecule has 0 aliphatic rings. The number of rotatable bonds is 15. The topological polar surface area (TPSA) is 120 Å². The predicted molar refractivity (Wildman–Crippen MR) is 136 cm³/mol. The van der Waals surface area contributed by atoms with Gasteiger partial charge in [-0.1, -0.05) is 72.3 Å². The second-order valence-electron chi connectivity index (χ2n) is 8.13. The third-order valence-corrected chi connectivity index (χ3v) is 7.48. The smallest absolute Gasteiger partial charge is 0.164 e. The van der Waals surface area contributed by atoms with Crippen LogP contribution in [-0.2, 0) is 41.8 Å². The van der Waals surface area contributed by atoms with Gasteiger partial charge in [0, 0.05) is 20.4 Å². The van der Waals surface area contributed by atoms with Crippen molar-refractivity contribution in [2.24, 2.45) is 10.8 Å². The van der Waals surface area contributed by atoms with Crippen LogP contribution in [0.3, 0.4) is 0 Å². The first-order valence-corrected chi connectivity index (χ1v) is 12.9. The fourth-order valence-corrected chi connectivity index (χ4v) is 4.31. The van der Waals surface area contributed by atoms with E-state index >= 15 is 0 Å². The van der Waals surface area contributed by atoms with Crippen molar-refractivity contribution >= 4 is 32.0 Å². The van der Waals surface area contributed by atoms with E-state index in [4.69, 9.17) is 43.5 Å². The molecule has 0 radical (unpaired) electrons. The molecule has 0 amide bonds. The van der Waals surface area contributed by atoms with Crippen LogP contribution in [0.25, 0.3) is 0 Å². The van der Waals surface area contributed by atoms with Gasteiger partial charge in [-0.2, -0.15) is 0 Å². The molecular formula is C24H35Cl2O7PPd. The van der Waals surface area contributed by atoms with Crippen LogP contribution in [-0.4, -0.2) is 77.3 Å². The Bertz CT molecular complexity index is 706. The zero-order chi connectivity index (χ0) is 25.3. The predicted octanol–water partition coefficient (Wildman–Crippen LogP) is 2.74. The first kappa shape index (κ1) is 34.8.